The molecular formula is C15H22O3S. The van der Waals surface area contributed by atoms with E-state index in [1.165, 1.54) is 0 Å². The highest BCUT2D eigenvalue weighted by Gasteiger charge is 2.28. The van der Waals surface area contributed by atoms with Crippen LogP contribution in [0.25, 0.3) is 0 Å². The zero-order valence-electron chi connectivity index (χ0n) is 11.8. The van der Waals surface area contributed by atoms with Crippen molar-refractivity contribution in [3.05, 3.63) is 29.8 Å². The summed E-state index contributed by atoms with van der Waals surface area (Å²) in [4.78, 5) is 13.0. The van der Waals surface area contributed by atoms with E-state index in [1.54, 1.807) is 18.7 Å². The second-order valence-electron chi connectivity index (χ2n) is 4.37. The fourth-order valence-corrected chi connectivity index (χ4v) is 2.41. The number of rotatable bonds is 7. The van der Waals surface area contributed by atoms with Crippen LogP contribution in [0, 0.1) is 5.92 Å². The third kappa shape index (κ3) is 4.55. The number of carbonyl (C=O) groups is 1. The van der Waals surface area contributed by atoms with Crippen molar-refractivity contribution in [2.45, 2.75) is 37.7 Å². The van der Waals surface area contributed by atoms with E-state index in [2.05, 4.69) is 0 Å². The average Bonchev–Trinajstić information content (AvgIpc) is 2.44. The molecule has 0 radical (unpaired) electrons. The lowest BCUT2D eigenvalue weighted by Crippen LogP contribution is -2.24. The molecule has 0 heterocycles. The Balaban J connectivity index is 2.84. The van der Waals surface area contributed by atoms with Gasteiger partial charge in [-0.2, -0.15) is 0 Å². The number of aliphatic hydroxyl groups is 1. The van der Waals surface area contributed by atoms with Crippen molar-refractivity contribution in [3.63, 3.8) is 0 Å². The van der Waals surface area contributed by atoms with E-state index in [1.807, 2.05) is 37.4 Å². The van der Waals surface area contributed by atoms with Crippen LogP contribution < -0.4 is 0 Å². The van der Waals surface area contributed by atoms with Crippen molar-refractivity contribution in [1.82, 2.24) is 0 Å². The van der Waals surface area contributed by atoms with Crippen molar-refractivity contribution in [2.24, 2.45) is 5.92 Å². The Morgan fingerprint density at radius 2 is 1.95 bits per heavy atom. The van der Waals surface area contributed by atoms with Crippen LogP contribution in [0.2, 0.25) is 0 Å². The molecular weight excluding hydrogens is 260 g/mol. The van der Waals surface area contributed by atoms with E-state index in [0.717, 1.165) is 16.9 Å². The van der Waals surface area contributed by atoms with Crippen LogP contribution in [0.4, 0.5) is 0 Å². The van der Waals surface area contributed by atoms with Crippen molar-refractivity contribution in [2.75, 3.05) is 12.9 Å². The molecule has 19 heavy (non-hydrogen) atoms. The SMILES string of the molecule is CCCC(C(=O)OCC)C(O)c1ccc(SC)cc1. The summed E-state index contributed by atoms with van der Waals surface area (Å²) in [5, 5.41) is 10.4. The highest BCUT2D eigenvalue weighted by atomic mass is 32.2. The number of thioether (sulfide) groups is 1. The van der Waals surface area contributed by atoms with E-state index in [9.17, 15) is 9.90 Å². The van der Waals surface area contributed by atoms with Crippen LogP contribution in [0.5, 0.6) is 0 Å². The number of aliphatic hydroxyl groups excluding tert-OH is 1. The molecule has 1 N–H and O–H groups in total. The summed E-state index contributed by atoms with van der Waals surface area (Å²) in [5.41, 5.74) is 0.768. The van der Waals surface area contributed by atoms with Crippen LogP contribution in [0.1, 0.15) is 38.4 Å². The molecule has 1 rings (SSSR count). The molecule has 0 aliphatic heterocycles. The molecule has 1 aromatic carbocycles. The average molecular weight is 282 g/mol. The third-order valence-electron chi connectivity index (χ3n) is 3.03. The van der Waals surface area contributed by atoms with Gasteiger partial charge in [-0.15, -0.1) is 11.8 Å². The van der Waals surface area contributed by atoms with Crippen molar-refractivity contribution >= 4 is 17.7 Å². The van der Waals surface area contributed by atoms with Gasteiger partial charge in [0.2, 0.25) is 0 Å². The molecule has 0 aromatic heterocycles. The van der Waals surface area contributed by atoms with E-state index in [0.29, 0.717) is 13.0 Å². The smallest absolute Gasteiger partial charge is 0.311 e. The lowest BCUT2D eigenvalue weighted by atomic mass is 9.92. The van der Waals surface area contributed by atoms with Gasteiger partial charge in [0.15, 0.2) is 0 Å². The maximum absolute atomic E-state index is 11.9. The van der Waals surface area contributed by atoms with Crippen LogP contribution in [0.3, 0.4) is 0 Å². The summed E-state index contributed by atoms with van der Waals surface area (Å²) in [7, 11) is 0. The number of benzene rings is 1. The zero-order valence-corrected chi connectivity index (χ0v) is 12.6. The highest BCUT2D eigenvalue weighted by Crippen LogP contribution is 2.28. The van der Waals surface area contributed by atoms with Crippen molar-refractivity contribution < 1.29 is 14.6 Å². The maximum Gasteiger partial charge on any atom is 0.311 e. The molecule has 1 aromatic rings. The Morgan fingerprint density at radius 1 is 1.32 bits per heavy atom. The van der Waals surface area contributed by atoms with Crippen LogP contribution in [0.15, 0.2) is 29.2 Å². The minimum Gasteiger partial charge on any atom is -0.466 e. The fraction of sp³-hybridized carbons (Fsp3) is 0.533. The predicted octanol–water partition coefficient (Wildman–Crippen LogP) is 3.42. The van der Waals surface area contributed by atoms with Gasteiger partial charge in [-0.3, -0.25) is 4.79 Å². The first-order valence-electron chi connectivity index (χ1n) is 6.62. The minimum absolute atomic E-state index is 0.314. The Hall–Kier alpha value is -1.00. The summed E-state index contributed by atoms with van der Waals surface area (Å²) in [6.45, 7) is 4.12. The van der Waals surface area contributed by atoms with E-state index in [4.69, 9.17) is 4.74 Å². The molecule has 2 unspecified atom stereocenters. The maximum atomic E-state index is 11.9. The van der Waals surface area contributed by atoms with Gasteiger partial charge in [0.1, 0.15) is 0 Å². The summed E-state index contributed by atoms with van der Waals surface area (Å²) >= 11 is 1.65. The molecule has 3 nitrogen and oxygen atoms in total. The first kappa shape index (κ1) is 16.1. The Bertz CT molecular complexity index is 389. The second kappa shape index (κ2) is 8.23. The minimum atomic E-state index is -0.796. The van der Waals surface area contributed by atoms with E-state index >= 15 is 0 Å². The Labute approximate surface area is 119 Å². The molecule has 0 spiro atoms. The number of esters is 1. The molecule has 0 saturated carbocycles. The zero-order chi connectivity index (χ0) is 14.3. The van der Waals surface area contributed by atoms with Gasteiger partial charge >= 0.3 is 5.97 Å². The van der Waals surface area contributed by atoms with E-state index < -0.39 is 12.0 Å². The largest absolute Gasteiger partial charge is 0.466 e. The highest BCUT2D eigenvalue weighted by molar-refractivity contribution is 7.98. The summed E-state index contributed by atoms with van der Waals surface area (Å²) in [5.74, 6) is -0.795. The summed E-state index contributed by atoms with van der Waals surface area (Å²) in [6, 6.07) is 7.66. The molecule has 4 heteroatoms. The second-order valence-corrected chi connectivity index (χ2v) is 5.24. The van der Waals surface area contributed by atoms with Crippen molar-refractivity contribution in [1.29, 1.82) is 0 Å². The molecule has 0 aliphatic rings. The van der Waals surface area contributed by atoms with Crippen molar-refractivity contribution in [3.8, 4) is 0 Å². The molecule has 0 aliphatic carbocycles. The number of ether oxygens (including phenoxy) is 1. The number of carbonyl (C=O) groups excluding carboxylic acids is 1. The van der Waals surface area contributed by atoms with Crippen LogP contribution in [-0.4, -0.2) is 23.9 Å². The summed E-state index contributed by atoms with van der Waals surface area (Å²) < 4.78 is 5.04. The predicted molar refractivity (Wildman–Crippen MR) is 78.2 cm³/mol. The number of hydrogen-bond donors (Lipinski definition) is 1. The quantitative estimate of drug-likeness (QED) is 0.615. The van der Waals surface area contributed by atoms with Gasteiger partial charge in [0.25, 0.3) is 0 Å². The lowest BCUT2D eigenvalue weighted by molar-refractivity contribution is -0.152. The summed E-state index contributed by atoms with van der Waals surface area (Å²) in [6.07, 6.45) is 2.67. The van der Waals surface area contributed by atoms with Gasteiger partial charge in [0.05, 0.1) is 18.6 Å². The molecule has 0 fully saturated rings. The molecule has 0 bridgehead atoms. The molecule has 2 atom stereocenters. The monoisotopic (exact) mass is 282 g/mol. The Morgan fingerprint density at radius 3 is 2.42 bits per heavy atom. The van der Waals surface area contributed by atoms with Gasteiger partial charge in [0, 0.05) is 4.90 Å². The number of hydrogen-bond acceptors (Lipinski definition) is 4. The van der Waals surface area contributed by atoms with Gasteiger partial charge in [-0.05, 0) is 37.3 Å². The topological polar surface area (TPSA) is 46.5 Å². The molecule has 0 saturated heterocycles. The first-order chi connectivity index (χ1) is 9.13. The van der Waals surface area contributed by atoms with Gasteiger partial charge in [-0.1, -0.05) is 25.5 Å². The Kier molecular flexibility index (Phi) is 6.95. The van der Waals surface area contributed by atoms with E-state index in [-0.39, 0.29) is 5.97 Å². The normalized spacial score (nSPS) is 13.9. The van der Waals surface area contributed by atoms with Gasteiger partial charge < -0.3 is 9.84 Å². The first-order valence-corrected chi connectivity index (χ1v) is 7.85. The lowest BCUT2D eigenvalue weighted by Gasteiger charge is -2.21. The van der Waals surface area contributed by atoms with Crippen LogP contribution in [-0.2, 0) is 9.53 Å². The third-order valence-corrected chi connectivity index (χ3v) is 3.77. The molecule has 0 amide bonds. The van der Waals surface area contributed by atoms with Crippen LogP contribution >= 0.6 is 11.8 Å². The standard InChI is InChI=1S/C15H22O3S/c1-4-6-13(15(17)18-5-2)14(16)11-7-9-12(19-3)10-8-11/h7-10,13-14,16H,4-6H2,1-3H3. The fourth-order valence-electron chi connectivity index (χ4n) is 2.00. The molecule has 106 valence electrons. The van der Waals surface area contributed by atoms with Gasteiger partial charge in [-0.25, -0.2) is 0 Å².